The third kappa shape index (κ3) is 4.89. The van der Waals surface area contributed by atoms with Gasteiger partial charge in [0.05, 0.1) is 4.90 Å². The Labute approximate surface area is 168 Å². The lowest BCUT2D eigenvalue weighted by molar-refractivity contribution is 0.577. The molecule has 0 spiro atoms. The standard InChI is InChI=1S/C24H27NO2S/c1-18(2)20-11-13-22(14-12-20)24(21-7-5-4-6-8-21)17-25-28(26,27)23-15-9-19(3)10-16-23/h4-16,18,24-25H,17H2,1-3H3. The van der Waals surface area contributed by atoms with Crippen LogP contribution in [-0.4, -0.2) is 15.0 Å². The highest BCUT2D eigenvalue weighted by Crippen LogP contribution is 2.26. The summed E-state index contributed by atoms with van der Waals surface area (Å²) in [6.45, 7) is 6.58. The molecule has 3 aromatic rings. The van der Waals surface area contributed by atoms with Gasteiger partial charge < -0.3 is 0 Å². The van der Waals surface area contributed by atoms with E-state index in [1.165, 1.54) is 5.56 Å². The van der Waals surface area contributed by atoms with Gasteiger partial charge in [-0.2, -0.15) is 0 Å². The minimum atomic E-state index is -3.56. The molecule has 0 heterocycles. The summed E-state index contributed by atoms with van der Waals surface area (Å²) in [6.07, 6.45) is 0. The molecule has 146 valence electrons. The minimum absolute atomic E-state index is 0.0531. The lowest BCUT2D eigenvalue weighted by Gasteiger charge is -2.20. The molecule has 0 aromatic heterocycles. The average molecular weight is 394 g/mol. The van der Waals surface area contributed by atoms with Gasteiger partial charge in [-0.3, -0.25) is 0 Å². The van der Waals surface area contributed by atoms with Crippen molar-refractivity contribution in [2.45, 2.75) is 37.5 Å². The van der Waals surface area contributed by atoms with Crippen LogP contribution in [-0.2, 0) is 10.0 Å². The number of aryl methyl sites for hydroxylation is 1. The summed E-state index contributed by atoms with van der Waals surface area (Å²) in [4.78, 5) is 0.292. The largest absolute Gasteiger partial charge is 0.240 e. The van der Waals surface area contributed by atoms with Gasteiger partial charge in [-0.25, -0.2) is 13.1 Å². The zero-order valence-corrected chi connectivity index (χ0v) is 17.4. The van der Waals surface area contributed by atoms with Crippen molar-refractivity contribution >= 4 is 10.0 Å². The molecule has 0 radical (unpaired) electrons. The fraction of sp³-hybridized carbons (Fsp3) is 0.250. The van der Waals surface area contributed by atoms with E-state index in [1.807, 2.05) is 49.4 Å². The lowest BCUT2D eigenvalue weighted by Crippen LogP contribution is -2.29. The molecule has 1 N–H and O–H groups in total. The number of nitrogens with one attached hydrogen (secondary N) is 1. The first kappa shape index (κ1) is 20.3. The van der Waals surface area contributed by atoms with E-state index >= 15 is 0 Å². The Morgan fingerprint density at radius 3 is 1.86 bits per heavy atom. The Morgan fingerprint density at radius 2 is 1.29 bits per heavy atom. The van der Waals surface area contributed by atoms with Gasteiger partial charge in [0, 0.05) is 12.5 Å². The van der Waals surface area contributed by atoms with Crippen molar-refractivity contribution in [2.75, 3.05) is 6.54 Å². The summed E-state index contributed by atoms with van der Waals surface area (Å²) >= 11 is 0. The predicted molar refractivity (Wildman–Crippen MR) is 115 cm³/mol. The van der Waals surface area contributed by atoms with Crippen molar-refractivity contribution in [3.05, 3.63) is 101 Å². The SMILES string of the molecule is Cc1ccc(S(=O)(=O)NCC(c2ccccc2)c2ccc(C(C)C)cc2)cc1. The normalized spacial score (nSPS) is 12.9. The van der Waals surface area contributed by atoms with Gasteiger partial charge in [0.15, 0.2) is 0 Å². The van der Waals surface area contributed by atoms with Crippen LogP contribution in [0.25, 0.3) is 0 Å². The fourth-order valence-corrected chi connectivity index (χ4v) is 4.27. The van der Waals surface area contributed by atoms with E-state index in [0.29, 0.717) is 17.4 Å². The maximum Gasteiger partial charge on any atom is 0.240 e. The van der Waals surface area contributed by atoms with E-state index in [0.717, 1.165) is 16.7 Å². The molecule has 0 bridgehead atoms. The van der Waals surface area contributed by atoms with Crippen molar-refractivity contribution in [3.8, 4) is 0 Å². The Hall–Kier alpha value is -2.43. The number of sulfonamides is 1. The predicted octanol–water partition coefficient (Wildman–Crippen LogP) is 5.23. The maximum atomic E-state index is 12.7. The maximum absolute atomic E-state index is 12.7. The van der Waals surface area contributed by atoms with Gasteiger partial charge in [-0.15, -0.1) is 0 Å². The Kier molecular flexibility index (Phi) is 6.32. The van der Waals surface area contributed by atoms with Crippen LogP contribution < -0.4 is 4.72 Å². The van der Waals surface area contributed by atoms with Crippen molar-refractivity contribution in [2.24, 2.45) is 0 Å². The first-order valence-electron chi connectivity index (χ1n) is 9.58. The first-order valence-corrected chi connectivity index (χ1v) is 11.1. The van der Waals surface area contributed by atoms with E-state index < -0.39 is 10.0 Å². The quantitative estimate of drug-likeness (QED) is 0.597. The first-order chi connectivity index (χ1) is 13.4. The third-order valence-electron chi connectivity index (χ3n) is 5.02. The number of benzene rings is 3. The summed E-state index contributed by atoms with van der Waals surface area (Å²) in [7, 11) is -3.56. The Balaban J connectivity index is 1.87. The molecule has 4 heteroatoms. The van der Waals surface area contributed by atoms with Crippen LogP contribution in [0.4, 0.5) is 0 Å². The number of hydrogen-bond acceptors (Lipinski definition) is 2. The van der Waals surface area contributed by atoms with Gasteiger partial charge in [-0.1, -0.05) is 86.1 Å². The molecule has 1 atom stereocenters. The van der Waals surface area contributed by atoms with Crippen molar-refractivity contribution in [1.82, 2.24) is 4.72 Å². The lowest BCUT2D eigenvalue weighted by atomic mass is 9.90. The van der Waals surface area contributed by atoms with E-state index in [4.69, 9.17) is 0 Å². The van der Waals surface area contributed by atoms with Crippen molar-refractivity contribution in [1.29, 1.82) is 0 Å². The third-order valence-corrected chi connectivity index (χ3v) is 6.46. The Morgan fingerprint density at radius 1 is 0.750 bits per heavy atom. The second kappa shape index (κ2) is 8.72. The zero-order chi connectivity index (χ0) is 20.1. The molecule has 3 rings (SSSR count). The summed E-state index contributed by atoms with van der Waals surface area (Å²) in [5.41, 5.74) is 4.50. The second-order valence-electron chi connectivity index (χ2n) is 7.45. The van der Waals surface area contributed by atoms with E-state index in [1.54, 1.807) is 12.1 Å². The molecule has 0 amide bonds. The smallest absolute Gasteiger partial charge is 0.210 e. The van der Waals surface area contributed by atoms with E-state index in [2.05, 4.69) is 42.8 Å². The molecule has 0 saturated carbocycles. The van der Waals surface area contributed by atoms with Crippen LogP contribution >= 0.6 is 0 Å². The highest BCUT2D eigenvalue weighted by atomic mass is 32.2. The molecular formula is C24H27NO2S. The van der Waals surface area contributed by atoms with Gasteiger partial charge >= 0.3 is 0 Å². The molecule has 0 saturated heterocycles. The van der Waals surface area contributed by atoms with Crippen LogP contribution in [0.5, 0.6) is 0 Å². The molecule has 1 unspecified atom stereocenters. The van der Waals surface area contributed by atoms with Gasteiger partial charge in [0.25, 0.3) is 0 Å². The summed E-state index contributed by atoms with van der Waals surface area (Å²) in [5.74, 6) is 0.409. The summed E-state index contributed by atoms with van der Waals surface area (Å²) in [5, 5.41) is 0. The van der Waals surface area contributed by atoms with Crippen molar-refractivity contribution < 1.29 is 8.42 Å². The Bertz CT molecular complexity index is 993. The topological polar surface area (TPSA) is 46.2 Å². The monoisotopic (exact) mass is 393 g/mol. The minimum Gasteiger partial charge on any atom is -0.210 e. The number of rotatable bonds is 7. The van der Waals surface area contributed by atoms with Gasteiger partial charge in [0.2, 0.25) is 10.0 Å². The van der Waals surface area contributed by atoms with Crippen LogP contribution in [0.3, 0.4) is 0 Å². The molecule has 28 heavy (non-hydrogen) atoms. The molecule has 0 aliphatic carbocycles. The van der Waals surface area contributed by atoms with Crippen LogP contribution in [0.15, 0.2) is 83.8 Å². The average Bonchev–Trinajstić information content (AvgIpc) is 2.69. The zero-order valence-electron chi connectivity index (χ0n) is 16.6. The summed E-state index contributed by atoms with van der Waals surface area (Å²) in [6, 6.07) is 25.4. The van der Waals surface area contributed by atoms with Gasteiger partial charge in [-0.05, 0) is 41.7 Å². The molecule has 3 nitrogen and oxygen atoms in total. The highest BCUT2D eigenvalue weighted by Gasteiger charge is 2.19. The molecule has 3 aromatic carbocycles. The summed E-state index contributed by atoms with van der Waals surface area (Å²) < 4.78 is 28.3. The number of hydrogen-bond donors (Lipinski definition) is 1. The van der Waals surface area contributed by atoms with Crippen LogP contribution in [0.1, 0.15) is 47.9 Å². The molecular weight excluding hydrogens is 366 g/mol. The highest BCUT2D eigenvalue weighted by molar-refractivity contribution is 7.89. The molecule has 0 aliphatic heterocycles. The van der Waals surface area contributed by atoms with E-state index in [9.17, 15) is 8.42 Å². The molecule has 0 aliphatic rings. The molecule has 0 fully saturated rings. The van der Waals surface area contributed by atoms with Crippen LogP contribution in [0, 0.1) is 6.92 Å². The van der Waals surface area contributed by atoms with Crippen LogP contribution in [0.2, 0.25) is 0 Å². The van der Waals surface area contributed by atoms with Gasteiger partial charge in [0.1, 0.15) is 0 Å². The van der Waals surface area contributed by atoms with Crippen molar-refractivity contribution in [3.63, 3.8) is 0 Å². The van der Waals surface area contributed by atoms with E-state index in [-0.39, 0.29) is 5.92 Å². The second-order valence-corrected chi connectivity index (χ2v) is 9.22. The fourth-order valence-electron chi connectivity index (χ4n) is 3.22.